The molecule has 0 N–H and O–H groups in total. The molecular weight excluding hydrogens is 250 g/mol. The van der Waals surface area contributed by atoms with Gasteiger partial charge < -0.3 is 0 Å². The van der Waals surface area contributed by atoms with Gasteiger partial charge in [0.05, 0.1) is 10.4 Å². The van der Waals surface area contributed by atoms with E-state index in [-0.39, 0.29) is 15.6 Å². The number of thioether (sulfide) groups is 1. The van der Waals surface area contributed by atoms with Gasteiger partial charge in [-0.1, -0.05) is 41.5 Å². The van der Waals surface area contributed by atoms with Crippen molar-refractivity contribution in [2.24, 2.45) is 0 Å². The Kier molecular flexibility index (Phi) is 4.46. The molecule has 1 rings (SSSR count). The summed E-state index contributed by atoms with van der Waals surface area (Å²) >= 11 is 1.86. The number of hydrogen-bond acceptors (Lipinski definition) is 2. The second kappa shape index (κ2) is 5.12. The van der Waals surface area contributed by atoms with E-state index in [0.717, 1.165) is 0 Å². The maximum Gasteiger partial charge on any atom is 0.0565 e. The molecule has 0 amide bonds. The van der Waals surface area contributed by atoms with Crippen molar-refractivity contribution in [2.45, 2.75) is 71.0 Å². The molecule has 1 aromatic heterocycles. The van der Waals surface area contributed by atoms with Crippen LogP contribution in [0.25, 0.3) is 0 Å². The lowest BCUT2D eigenvalue weighted by Gasteiger charge is -2.29. The maximum atomic E-state index is 4.94. The minimum Gasteiger partial charge on any atom is -0.256 e. The zero-order valence-corrected chi connectivity index (χ0v) is 14.8. The van der Waals surface area contributed by atoms with E-state index < -0.39 is 0 Å². The van der Waals surface area contributed by atoms with E-state index in [2.05, 4.69) is 73.8 Å². The van der Waals surface area contributed by atoms with Gasteiger partial charge in [0.25, 0.3) is 0 Å². The predicted molar refractivity (Wildman–Crippen MR) is 88.2 cm³/mol. The van der Waals surface area contributed by atoms with Gasteiger partial charge in [-0.05, 0) is 43.2 Å². The van der Waals surface area contributed by atoms with Crippen LogP contribution in [-0.2, 0) is 15.6 Å². The normalized spacial score (nSPS) is 13.7. The summed E-state index contributed by atoms with van der Waals surface area (Å²) in [7, 11) is 0. The van der Waals surface area contributed by atoms with Gasteiger partial charge in [0, 0.05) is 11.1 Å². The molecule has 0 saturated heterocycles. The molecule has 108 valence electrons. The molecule has 1 nitrogen and oxygen atoms in total. The molecular formula is C17H29NS. The molecule has 0 atom stereocenters. The van der Waals surface area contributed by atoms with Gasteiger partial charge in [0.2, 0.25) is 0 Å². The highest BCUT2D eigenvalue weighted by Gasteiger charge is 2.27. The molecule has 0 bridgehead atoms. The van der Waals surface area contributed by atoms with Gasteiger partial charge in [0.1, 0.15) is 0 Å². The SMILES string of the molecule is CSC(C)(C)c1cc(C(C)(C)C)cc(C(C)(C)C)n1. The van der Waals surface area contributed by atoms with Crippen LogP contribution < -0.4 is 0 Å². The second-order valence-corrected chi connectivity index (χ2v) is 9.27. The largest absolute Gasteiger partial charge is 0.256 e. The first kappa shape index (κ1) is 16.6. The Morgan fingerprint density at radius 3 is 1.63 bits per heavy atom. The summed E-state index contributed by atoms with van der Waals surface area (Å²) in [4.78, 5) is 4.94. The smallest absolute Gasteiger partial charge is 0.0565 e. The monoisotopic (exact) mass is 279 g/mol. The predicted octanol–water partition coefficient (Wildman–Crippen LogP) is 5.27. The zero-order valence-electron chi connectivity index (χ0n) is 14.0. The van der Waals surface area contributed by atoms with Crippen LogP contribution in [-0.4, -0.2) is 11.2 Å². The summed E-state index contributed by atoms with van der Waals surface area (Å²) in [5.41, 5.74) is 4.01. The number of aromatic nitrogens is 1. The van der Waals surface area contributed by atoms with Crippen LogP contribution >= 0.6 is 11.8 Å². The van der Waals surface area contributed by atoms with E-state index in [9.17, 15) is 0 Å². The fourth-order valence-corrected chi connectivity index (χ4v) is 2.07. The Morgan fingerprint density at radius 1 is 0.789 bits per heavy atom. The van der Waals surface area contributed by atoms with E-state index >= 15 is 0 Å². The highest BCUT2D eigenvalue weighted by molar-refractivity contribution is 7.99. The van der Waals surface area contributed by atoms with Crippen molar-refractivity contribution < 1.29 is 0 Å². The van der Waals surface area contributed by atoms with Crippen LogP contribution in [0.3, 0.4) is 0 Å². The van der Waals surface area contributed by atoms with Crippen molar-refractivity contribution in [1.82, 2.24) is 4.98 Å². The Bertz CT molecular complexity index is 415. The lowest BCUT2D eigenvalue weighted by molar-refractivity contribution is 0.543. The highest BCUT2D eigenvalue weighted by atomic mass is 32.2. The van der Waals surface area contributed by atoms with Crippen molar-refractivity contribution in [1.29, 1.82) is 0 Å². The van der Waals surface area contributed by atoms with E-state index in [1.807, 2.05) is 11.8 Å². The fourth-order valence-electron chi connectivity index (χ4n) is 1.76. The van der Waals surface area contributed by atoms with Crippen molar-refractivity contribution >= 4 is 11.8 Å². The molecule has 1 aromatic rings. The van der Waals surface area contributed by atoms with Crippen LogP contribution in [0.15, 0.2) is 12.1 Å². The molecule has 1 heterocycles. The maximum absolute atomic E-state index is 4.94. The quantitative estimate of drug-likeness (QED) is 0.731. The topological polar surface area (TPSA) is 12.9 Å². The summed E-state index contributed by atoms with van der Waals surface area (Å²) in [6.45, 7) is 18.0. The molecule has 0 aromatic carbocycles. The highest BCUT2D eigenvalue weighted by Crippen LogP contribution is 2.36. The molecule has 0 unspecified atom stereocenters. The minimum atomic E-state index is 0.0568. The van der Waals surface area contributed by atoms with Crippen molar-refractivity contribution in [2.75, 3.05) is 6.26 Å². The Balaban J connectivity index is 3.51. The van der Waals surface area contributed by atoms with Crippen LogP contribution in [0.5, 0.6) is 0 Å². The molecule has 0 spiro atoms. The molecule has 0 aliphatic rings. The van der Waals surface area contributed by atoms with Crippen molar-refractivity contribution in [3.05, 3.63) is 29.1 Å². The van der Waals surface area contributed by atoms with Gasteiger partial charge in [-0.3, -0.25) is 4.98 Å². The summed E-state index contributed by atoms with van der Waals surface area (Å²) in [6, 6.07) is 4.56. The number of nitrogens with zero attached hydrogens (tertiary/aromatic N) is 1. The summed E-state index contributed by atoms with van der Waals surface area (Å²) in [5.74, 6) is 0. The van der Waals surface area contributed by atoms with Gasteiger partial charge in [0.15, 0.2) is 0 Å². The molecule has 0 aliphatic carbocycles. The third-order valence-corrected chi connectivity index (χ3v) is 4.82. The Labute approximate surface area is 123 Å². The number of rotatable bonds is 2. The molecule has 2 heteroatoms. The van der Waals surface area contributed by atoms with Crippen LogP contribution in [0, 0.1) is 0 Å². The Morgan fingerprint density at radius 2 is 1.26 bits per heavy atom. The first-order chi connectivity index (χ1) is 8.38. The molecule has 19 heavy (non-hydrogen) atoms. The molecule has 0 radical (unpaired) electrons. The zero-order chi connectivity index (χ0) is 15.1. The summed E-state index contributed by atoms with van der Waals surface area (Å²) in [5, 5.41) is 0. The van der Waals surface area contributed by atoms with E-state index in [1.54, 1.807) is 0 Å². The first-order valence-electron chi connectivity index (χ1n) is 6.96. The van der Waals surface area contributed by atoms with Crippen LogP contribution in [0.4, 0.5) is 0 Å². The van der Waals surface area contributed by atoms with Crippen LogP contribution in [0.1, 0.15) is 72.3 Å². The molecule has 0 fully saturated rings. The van der Waals surface area contributed by atoms with Gasteiger partial charge in [-0.15, -0.1) is 0 Å². The van der Waals surface area contributed by atoms with Gasteiger partial charge in [-0.2, -0.15) is 11.8 Å². The van der Waals surface area contributed by atoms with Crippen molar-refractivity contribution in [3.8, 4) is 0 Å². The van der Waals surface area contributed by atoms with Crippen LogP contribution in [0.2, 0.25) is 0 Å². The van der Waals surface area contributed by atoms with Crippen molar-refractivity contribution in [3.63, 3.8) is 0 Å². The molecule has 0 saturated carbocycles. The third-order valence-electron chi connectivity index (χ3n) is 3.59. The average Bonchev–Trinajstić information content (AvgIpc) is 2.26. The van der Waals surface area contributed by atoms with E-state index in [1.165, 1.54) is 17.0 Å². The van der Waals surface area contributed by atoms with Gasteiger partial charge in [-0.25, -0.2) is 0 Å². The summed E-state index contributed by atoms with van der Waals surface area (Å²) in [6.07, 6.45) is 2.15. The number of pyridine rings is 1. The lowest BCUT2D eigenvalue weighted by Crippen LogP contribution is -2.23. The fraction of sp³-hybridized carbons (Fsp3) is 0.706. The second-order valence-electron chi connectivity index (χ2n) is 7.84. The van der Waals surface area contributed by atoms with Gasteiger partial charge >= 0.3 is 0 Å². The lowest BCUT2D eigenvalue weighted by atomic mass is 9.82. The summed E-state index contributed by atoms with van der Waals surface area (Å²) < 4.78 is 0.0568. The molecule has 0 aliphatic heterocycles. The Hall–Kier alpha value is -0.500. The van der Waals surface area contributed by atoms with E-state index in [0.29, 0.717) is 0 Å². The number of hydrogen-bond donors (Lipinski definition) is 0. The standard InChI is InChI=1S/C17H29NS/c1-15(2,3)12-10-13(16(4,5)6)18-14(11-12)17(7,8)19-9/h10-11H,1-9H3. The van der Waals surface area contributed by atoms with E-state index in [4.69, 9.17) is 4.98 Å². The third kappa shape index (κ3) is 3.98. The minimum absolute atomic E-state index is 0.0568. The first-order valence-corrected chi connectivity index (χ1v) is 8.19. The average molecular weight is 279 g/mol.